The summed E-state index contributed by atoms with van der Waals surface area (Å²) in [5, 5.41) is 20.1. The fourth-order valence-corrected chi connectivity index (χ4v) is 3.06. The van der Waals surface area contributed by atoms with Gasteiger partial charge in [0.15, 0.2) is 6.23 Å². The number of fused-ring (bicyclic) bond motifs is 1. The molecule has 4 atom stereocenters. The van der Waals surface area contributed by atoms with Crippen molar-refractivity contribution in [2.75, 3.05) is 12.3 Å². The van der Waals surface area contributed by atoms with Crippen LogP contribution >= 0.6 is 11.6 Å². The molecule has 3 heterocycles. The molecule has 22 heavy (non-hydrogen) atoms. The summed E-state index contributed by atoms with van der Waals surface area (Å²) in [5.41, 5.74) is 6.84. The van der Waals surface area contributed by atoms with Crippen LogP contribution in [0.25, 0.3) is 11.0 Å². The second kappa shape index (κ2) is 5.11. The average Bonchev–Trinajstić information content (AvgIpc) is 2.97. The SMILES string of the molecule is C#Cc1cn([C@@H]2OC(CO)C(O)[C@@]2(C)Cl)c2ncnc(N)c12. The Morgan fingerprint density at radius 3 is 2.91 bits per heavy atom. The lowest BCUT2D eigenvalue weighted by molar-refractivity contribution is -0.0439. The molecule has 0 spiro atoms. The molecule has 0 aromatic carbocycles. The van der Waals surface area contributed by atoms with Crippen LogP contribution in [0.1, 0.15) is 18.7 Å². The summed E-state index contributed by atoms with van der Waals surface area (Å²) in [4.78, 5) is 6.96. The highest BCUT2D eigenvalue weighted by Gasteiger charge is 2.53. The number of nitrogens with zero attached hydrogens (tertiary/aromatic N) is 3. The van der Waals surface area contributed by atoms with Gasteiger partial charge in [0.2, 0.25) is 0 Å². The highest BCUT2D eigenvalue weighted by molar-refractivity contribution is 6.24. The molecule has 1 aliphatic rings. The minimum absolute atomic E-state index is 0.255. The highest BCUT2D eigenvalue weighted by Crippen LogP contribution is 2.44. The first kappa shape index (κ1) is 15.1. The first-order valence-electron chi connectivity index (χ1n) is 6.62. The Bertz CT molecular complexity index is 767. The number of hydrogen-bond acceptors (Lipinski definition) is 6. The highest BCUT2D eigenvalue weighted by atomic mass is 35.5. The number of rotatable bonds is 2. The van der Waals surface area contributed by atoms with Gasteiger partial charge in [-0.05, 0) is 6.92 Å². The number of hydrogen-bond donors (Lipinski definition) is 3. The van der Waals surface area contributed by atoms with Crippen LogP contribution in [0.2, 0.25) is 0 Å². The molecule has 0 bridgehead atoms. The molecule has 116 valence electrons. The van der Waals surface area contributed by atoms with Crippen LogP contribution in [0.15, 0.2) is 12.5 Å². The normalized spacial score (nSPS) is 31.5. The van der Waals surface area contributed by atoms with Gasteiger partial charge in [-0.15, -0.1) is 18.0 Å². The van der Waals surface area contributed by atoms with Gasteiger partial charge in [0, 0.05) is 6.20 Å². The lowest BCUT2D eigenvalue weighted by atomic mass is 10.0. The van der Waals surface area contributed by atoms with Gasteiger partial charge in [-0.3, -0.25) is 0 Å². The van der Waals surface area contributed by atoms with E-state index < -0.39 is 23.3 Å². The van der Waals surface area contributed by atoms with E-state index in [1.165, 1.54) is 6.33 Å². The van der Waals surface area contributed by atoms with E-state index >= 15 is 0 Å². The second-order valence-corrected chi connectivity index (χ2v) is 6.17. The van der Waals surface area contributed by atoms with Gasteiger partial charge in [-0.25, -0.2) is 9.97 Å². The van der Waals surface area contributed by atoms with Crippen LogP contribution < -0.4 is 5.73 Å². The molecule has 8 heteroatoms. The van der Waals surface area contributed by atoms with E-state index in [9.17, 15) is 10.2 Å². The van der Waals surface area contributed by atoms with Crippen LogP contribution in [-0.2, 0) is 4.74 Å². The van der Waals surface area contributed by atoms with E-state index in [0.29, 0.717) is 16.6 Å². The maximum absolute atomic E-state index is 10.2. The summed E-state index contributed by atoms with van der Waals surface area (Å²) in [7, 11) is 0. The molecule has 1 fully saturated rings. The number of alkyl halides is 1. The van der Waals surface area contributed by atoms with E-state index in [0.717, 1.165) is 0 Å². The van der Waals surface area contributed by atoms with Crippen molar-refractivity contribution in [1.82, 2.24) is 14.5 Å². The first-order valence-corrected chi connectivity index (χ1v) is 7.00. The van der Waals surface area contributed by atoms with E-state index in [-0.39, 0.29) is 12.4 Å². The van der Waals surface area contributed by atoms with Crippen molar-refractivity contribution < 1.29 is 14.9 Å². The third-order valence-electron chi connectivity index (χ3n) is 3.94. The monoisotopic (exact) mass is 322 g/mol. The lowest BCUT2D eigenvalue weighted by Gasteiger charge is -2.26. The second-order valence-electron chi connectivity index (χ2n) is 5.36. The number of aliphatic hydroxyl groups excluding tert-OH is 2. The summed E-state index contributed by atoms with van der Waals surface area (Å²) in [5.74, 6) is 2.78. The molecule has 0 aliphatic carbocycles. The Labute approximate surface area is 131 Å². The predicted octanol–water partition coefficient (Wildman–Crippen LogP) is 0.243. The van der Waals surface area contributed by atoms with Crippen LogP contribution in [0.5, 0.6) is 0 Å². The third kappa shape index (κ3) is 1.96. The molecule has 3 rings (SSSR count). The van der Waals surface area contributed by atoms with E-state index in [2.05, 4.69) is 15.9 Å². The van der Waals surface area contributed by atoms with E-state index in [1.807, 2.05) is 0 Å². The summed E-state index contributed by atoms with van der Waals surface area (Å²) < 4.78 is 7.31. The molecular weight excluding hydrogens is 308 g/mol. The fraction of sp³-hybridized carbons (Fsp3) is 0.429. The number of aliphatic hydroxyl groups is 2. The topological polar surface area (TPSA) is 106 Å². The molecule has 1 aliphatic heterocycles. The lowest BCUT2D eigenvalue weighted by Crippen LogP contribution is -2.39. The summed E-state index contributed by atoms with van der Waals surface area (Å²) in [6, 6.07) is 0. The van der Waals surface area contributed by atoms with E-state index in [1.54, 1.807) is 17.7 Å². The Morgan fingerprint density at radius 2 is 2.32 bits per heavy atom. The Hall–Kier alpha value is -1.85. The van der Waals surface area contributed by atoms with Gasteiger partial charge in [0.25, 0.3) is 0 Å². The van der Waals surface area contributed by atoms with Crippen LogP contribution in [0.3, 0.4) is 0 Å². The zero-order chi connectivity index (χ0) is 16.1. The number of nitrogen functional groups attached to an aromatic ring is 1. The van der Waals surface area contributed by atoms with Crippen molar-refractivity contribution in [2.45, 2.75) is 30.2 Å². The summed E-state index contributed by atoms with van der Waals surface area (Å²) >= 11 is 6.45. The molecule has 2 aromatic rings. The van der Waals surface area contributed by atoms with Crippen molar-refractivity contribution in [2.24, 2.45) is 0 Å². The zero-order valence-corrected chi connectivity index (χ0v) is 12.5. The van der Waals surface area contributed by atoms with Gasteiger partial charge in [0.1, 0.15) is 34.9 Å². The quantitative estimate of drug-likeness (QED) is 0.540. The fourth-order valence-electron chi connectivity index (χ4n) is 2.76. The Morgan fingerprint density at radius 1 is 1.59 bits per heavy atom. The smallest absolute Gasteiger partial charge is 0.157 e. The standard InChI is InChI=1S/C14H15ClN4O3/c1-3-7-4-19(12-9(7)11(16)17-6-18-12)13-14(2,15)10(21)8(5-20)22-13/h1,4,6,8,10,13,20-21H,5H2,2H3,(H2,16,17,18)/t8?,10?,13-,14-/m1/s1. The Kier molecular flexibility index (Phi) is 3.50. The molecule has 1 saturated heterocycles. The molecule has 0 amide bonds. The number of nitrogens with two attached hydrogens (primary N) is 1. The minimum atomic E-state index is -1.16. The maximum Gasteiger partial charge on any atom is 0.157 e. The average molecular weight is 323 g/mol. The molecule has 2 unspecified atom stereocenters. The van der Waals surface area contributed by atoms with Crippen LogP contribution in [0.4, 0.5) is 5.82 Å². The van der Waals surface area contributed by atoms with Crippen molar-refractivity contribution in [3.63, 3.8) is 0 Å². The minimum Gasteiger partial charge on any atom is -0.394 e. The summed E-state index contributed by atoms with van der Waals surface area (Å²) in [6.07, 6.45) is 5.85. The molecule has 0 saturated carbocycles. The van der Waals surface area contributed by atoms with Gasteiger partial charge in [-0.1, -0.05) is 5.92 Å². The largest absolute Gasteiger partial charge is 0.394 e. The maximum atomic E-state index is 10.2. The number of aromatic nitrogens is 3. The van der Waals surface area contributed by atoms with Gasteiger partial charge >= 0.3 is 0 Å². The Balaban J connectivity index is 2.20. The zero-order valence-electron chi connectivity index (χ0n) is 11.8. The van der Waals surface area contributed by atoms with Crippen molar-refractivity contribution in [1.29, 1.82) is 0 Å². The molecule has 7 nitrogen and oxygen atoms in total. The van der Waals surface area contributed by atoms with Crippen molar-refractivity contribution in [3.05, 3.63) is 18.1 Å². The number of halogens is 1. The molecule has 4 N–H and O–H groups in total. The first-order chi connectivity index (χ1) is 10.4. The molecular formula is C14H15ClN4O3. The van der Waals surface area contributed by atoms with Gasteiger partial charge < -0.3 is 25.3 Å². The third-order valence-corrected chi connectivity index (χ3v) is 4.35. The van der Waals surface area contributed by atoms with Crippen molar-refractivity contribution in [3.8, 4) is 12.3 Å². The van der Waals surface area contributed by atoms with Crippen molar-refractivity contribution >= 4 is 28.5 Å². The van der Waals surface area contributed by atoms with Gasteiger partial charge in [-0.2, -0.15) is 0 Å². The van der Waals surface area contributed by atoms with Gasteiger partial charge in [0.05, 0.1) is 17.6 Å². The predicted molar refractivity (Wildman–Crippen MR) is 81.1 cm³/mol. The van der Waals surface area contributed by atoms with E-state index in [4.69, 9.17) is 28.5 Å². The summed E-state index contributed by atoms with van der Waals surface area (Å²) in [6.45, 7) is 1.28. The van der Waals surface area contributed by atoms with Crippen LogP contribution in [-0.4, -0.2) is 48.4 Å². The molecule has 0 radical (unpaired) electrons. The van der Waals surface area contributed by atoms with Crippen LogP contribution in [0, 0.1) is 12.3 Å². The number of anilines is 1. The molecule has 2 aromatic heterocycles. The number of terminal acetylenes is 1. The number of ether oxygens (including phenoxy) is 1.